The first kappa shape index (κ1) is 31.5. The van der Waals surface area contributed by atoms with Crippen molar-refractivity contribution >= 4 is 34.2 Å². The number of carbonyl (C=O) groups is 3. The van der Waals surface area contributed by atoms with Crippen molar-refractivity contribution in [3.05, 3.63) is 65.9 Å². The Balaban J connectivity index is 1.38. The summed E-state index contributed by atoms with van der Waals surface area (Å²) in [7, 11) is 0. The molecule has 226 valence electrons. The van der Waals surface area contributed by atoms with Crippen LogP contribution in [-0.4, -0.2) is 47.0 Å². The van der Waals surface area contributed by atoms with Gasteiger partial charge in [-0.05, 0) is 87.6 Å². The molecule has 2 aromatic carbocycles. The Morgan fingerprint density at radius 2 is 1.69 bits per heavy atom. The number of ketones is 1. The second kappa shape index (κ2) is 15.7. The third-order valence-corrected chi connectivity index (χ3v) is 8.71. The van der Waals surface area contributed by atoms with Gasteiger partial charge in [-0.2, -0.15) is 0 Å². The van der Waals surface area contributed by atoms with Gasteiger partial charge in [0.25, 0.3) is 0 Å². The molecule has 2 N–H and O–H groups in total. The highest BCUT2D eigenvalue weighted by Gasteiger charge is 2.29. The van der Waals surface area contributed by atoms with Gasteiger partial charge in [0.1, 0.15) is 6.54 Å². The van der Waals surface area contributed by atoms with Gasteiger partial charge in [-0.3, -0.25) is 14.4 Å². The molecule has 0 saturated heterocycles. The molecule has 42 heavy (non-hydrogen) atoms. The van der Waals surface area contributed by atoms with E-state index in [1.54, 1.807) is 4.90 Å². The number of Topliss-reactive ketones (excluding diaryl/α,β-unsaturated/α-hetero) is 1. The van der Waals surface area contributed by atoms with Gasteiger partial charge < -0.3 is 19.9 Å². The summed E-state index contributed by atoms with van der Waals surface area (Å²) in [5.41, 5.74) is 3.55. The zero-order chi connectivity index (χ0) is 29.9. The molecule has 0 radical (unpaired) electrons. The number of aryl methyl sites for hydroxylation is 1. The van der Waals surface area contributed by atoms with E-state index in [2.05, 4.69) is 24.4 Å². The topological polar surface area (TPSA) is 91.6 Å². The van der Waals surface area contributed by atoms with Crippen LogP contribution < -0.4 is 10.2 Å². The smallest absolute Gasteiger partial charge is 0.246 e. The van der Waals surface area contributed by atoms with Crippen LogP contribution in [-0.2, 0) is 22.6 Å². The summed E-state index contributed by atoms with van der Waals surface area (Å²) >= 11 is 0. The fraction of sp³-hybridized carbons (Fsp3) is 0.514. The zero-order valence-electron chi connectivity index (χ0n) is 25.3. The second-order valence-corrected chi connectivity index (χ2v) is 11.6. The summed E-state index contributed by atoms with van der Waals surface area (Å²) in [6, 6.07) is 17.9. The van der Waals surface area contributed by atoms with Gasteiger partial charge in [0.2, 0.25) is 11.8 Å². The lowest BCUT2D eigenvalue weighted by molar-refractivity contribution is -0.126. The van der Waals surface area contributed by atoms with Crippen LogP contribution in [0.25, 0.3) is 10.9 Å². The van der Waals surface area contributed by atoms with Crippen LogP contribution in [0, 0.1) is 11.8 Å². The van der Waals surface area contributed by atoms with Gasteiger partial charge in [-0.1, -0.05) is 50.1 Å². The van der Waals surface area contributed by atoms with Gasteiger partial charge in [0.05, 0.1) is 5.69 Å². The predicted molar refractivity (Wildman–Crippen MR) is 169 cm³/mol. The SMILES string of the molecule is CCc1cccc(N(CC)C(=O)Cn2c(C(=O)CC3CCC(C(=O)NCCCCCCO)CC3)cc3ccccc32)c1. The van der Waals surface area contributed by atoms with Crippen LogP contribution >= 0.6 is 0 Å². The first-order valence-electron chi connectivity index (χ1n) is 15.8. The van der Waals surface area contributed by atoms with Crippen LogP contribution in [0.4, 0.5) is 5.69 Å². The second-order valence-electron chi connectivity index (χ2n) is 11.6. The van der Waals surface area contributed by atoms with Gasteiger partial charge >= 0.3 is 0 Å². The number of amides is 2. The minimum absolute atomic E-state index is 0.0177. The number of carbonyl (C=O) groups excluding carboxylic acids is 3. The lowest BCUT2D eigenvalue weighted by Crippen LogP contribution is -2.35. The molecule has 1 saturated carbocycles. The Kier molecular flexibility index (Phi) is 11.8. The van der Waals surface area contributed by atoms with Crippen molar-refractivity contribution in [3.8, 4) is 0 Å². The number of fused-ring (bicyclic) bond motifs is 1. The Labute approximate surface area is 250 Å². The molecule has 4 rings (SSSR count). The van der Waals surface area contributed by atoms with Gasteiger partial charge in [-0.15, -0.1) is 0 Å². The number of rotatable bonds is 15. The molecular weight excluding hydrogens is 526 g/mol. The van der Waals surface area contributed by atoms with Gasteiger partial charge in [0, 0.05) is 48.6 Å². The highest BCUT2D eigenvalue weighted by Crippen LogP contribution is 2.33. The van der Waals surface area contributed by atoms with E-state index in [0.717, 1.165) is 74.4 Å². The maximum absolute atomic E-state index is 13.7. The molecule has 0 spiro atoms. The maximum atomic E-state index is 13.7. The van der Waals surface area contributed by atoms with E-state index >= 15 is 0 Å². The Bertz CT molecular complexity index is 1340. The highest BCUT2D eigenvalue weighted by molar-refractivity contribution is 6.02. The molecule has 2 amide bonds. The van der Waals surface area contributed by atoms with Crippen LogP contribution in [0.3, 0.4) is 0 Å². The summed E-state index contributed by atoms with van der Waals surface area (Å²) in [4.78, 5) is 41.8. The third kappa shape index (κ3) is 8.09. The maximum Gasteiger partial charge on any atom is 0.246 e. The molecule has 0 bridgehead atoms. The van der Waals surface area contributed by atoms with Gasteiger partial charge in [0.15, 0.2) is 5.78 Å². The molecule has 7 heteroatoms. The highest BCUT2D eigenvalue weighted by atomic mass is 16.3. The number of para-hydroxylation sites is 1. The number of anilines is 1. The van der Waals surface area contributed by atoms with E-state index < -0.39 is 0 Å². The average Bonchev–Trinajstić information content (AvgIpc) is 3.38. The van der Waals surface area contributed by atoms with E-state index in [-0.39, 0.29) is 42.6 Å². The van der Waals surface area contributed by atoms with E-state index in [1.807, 2.05) is 54.0 Å². The monoisotopic (exact) mass is 573 g/mol. The van der Waals surface area contributed by atoms with E-state index in [1.165, 1.54) is 5.56 Å². The molecule has 1 aromatic heterocycles. The van der Waals surface area contributed by atoms with Crippen molar-refractivity contribution < 1.29 is 19.5 Å². The summed E-state index contributed by atoms with van der Waals surface area (Å²) < 4.78 is 1.89. The van der Waals surface area contributed by atoms with E-state index in [4.69, 9.17) is 5.11 Å². The Morgan fingerprint density at radius 3 is 2.43 bits per heavy atom. The van der Waals surface area contributed by atoms with Crippen molar-refractivity contribution in [3.63, 3.8) is 0 Å². The lowest BCUT2D eigenvalue weighted by atomic mass is 9.79. The molecule has 1 aliphatic carbocycles. The number of hydrogen-bond donors (Lipinski definition) is 2. The molecule has 0 unspecified atom stereocenters. The third-order valence-electron chi connectivity index (χ3n) is 8.71. The van der Waals surface area contributed by atoms with Crippen molar-refractivity contribution in [2.75, 3.05) is 24.6 Å². The number of aliphatic hydroxyl groups is 1. The summed E-state index contributed by atoms with van der Waals surface area (Å²) in [6.45, 7) is 5.65. The molecule has 1 fully saturated rings. The first-order valence-corrected chi connectivity index (χ1v) is 15.8. The number of likely N-dealkylation sites (N-methyl/N-ethyl adjacent to an activating group) is 1. The standard InChI is InChI=1S/C35H47N3O4/c1-3-26-12-11-14-30(22-26)37(4-2)34(41)25-38-31-15-8-7-13-29(31)24-32(38)33(40)23-27-16-18-28(19-17-27)35(42)36-20-9-5-6-10-21-39/h7-8,11-15,22,24,27-28,39H,3-6,9-10,16-21,23,25H2,1-2H3,(H,36,42). The molecule has 3 aromatic rings. The molecule has 0 aliphatic heterocycles. The van der Waals surface area contributed by atoms with E-state index in [0.29, 0.717) is 25.2 Å². The summed E-state index contributed by atoms with van der Waals surface area (Å²) in [5.74, 6) is 0.410. The van der Waals surface area contributed by atoms with Crippen molar-refractivity contribution in [2.24, 2.45) is 11.8 Å². The quantitative estimate of drug-likeness (QED) is 0.165. The molecular formula is C35H47N3O4. The largest absolute Gasteiger partial charge is 0.396 e. The molecule has 1 aliphatic rings. The normalized spacial score (nSPS) is 16.8. The lowest BCUT2D eigenvalue weighted by Gasteiger charge is -2.27. The summed E-state index contributed by atoms with van der Waals surface area (Å²) in [6.07, 6.45) is 8.41. The number of hydrogen-bond acceptors (Lipinski definition) is 4. The van der Waals surface area contributed by atoms with E-state index in [9.17, 15) is 14.4 Å². The zero-order valence-corrected chi connectivity index (χ0v) is 25.3. The van der Waals surface area contributed by atoms with Crippen molar-refractivity contribution in [1.29, 1.82) is 0 Å². The molecule has 1 heterocycles. The molecule has 7 nitrogen and oxygen atoms in total. The first-order chi connectivity index (χ1) is 20.4. The number of nitrogens with one attached hydrogen (secondary N) is 1. The fourth-order valence-corrected chi connectivity index (χ4v) is 6.22. The number of benzene rings is 2. The van der Waals surface area contributed by atoms with Crippen LogP contribution in [0.15, 0.2) is 54.6 Å². The van der Waals surface area contributed by atoms with Crippen LogP contribution in [0.2, 0.25) is 0 Å². The minimum atomic E-state index is -0.0407. The number of aliphatic hydroxyl groups excluding tert-OH is 1. The Morgan fingerprint density at radius 1 is 0.929 bits per heavy atom. The molecule has 0 atom stereocenters. The number of unbranched alkanes of at least 4 members (excludes halogenated alkanes) is 3. The fourth-order valence-electron chi connectivity index (χ4n) is 6.22. The number of aromatic nitrogens is 1. The summed E-state index contributed by atoms with van der Waals surface area (Å²) in [5, 5.41) is 12.9. The van der Waals surface area contributed by atoms with Crippen LogP contribution in [0.5, 0.6) is 0 Å². The predicted octanol–water partition coefficient (Wildman–Crippen LogP) is 6.30. The minimum Gasteiger partial charge on any atom is -0.396 e. The average molecular weight is 574 g/mol. The Hall–Kier alpha value is -3.45. The number of nitrogens with zero attached hydrogens (tertiary/aromatic N) is 2. The van der Waals surface area contributed by atoms with Gasteiger partial charge in [-0.25, -0.2) is 0 Å². The van der Waals surface area contributed by atoms with Crippen molar-refractivity contribution in [2.45, 2.75) is 84.6 Å². The van der Waals surface area contributed by atoms with Crippen molar-refractivity contribution in [1.82, 2.24) is 9.88 Å². The van der Waals surface area contributed by atoms with Crippen LogP contribution in [0.1, 0.15) is 87.7 Å².